The van der Waals surface area contributed by atoms with E-state index in [-0.39, 0.29) is 0 Å². The van der Waals surface area contributed by atoms with Crippen molar-refractivity contribution in [1.29, 1.82) is 0 Å². The monoisotopic (exact) mass is 242 g/mol. The predicted molar refractivity (Wildman–Crippen MR) is 41.1 cm³/mol. The van der Waals surface area contributed by atoms with Crippen molar-refractivity contribution in [1.82, 2.24) is 10.2 Å². The minimum absolute atomic E-state index is 0.628. The Kier molecular flexibility index (Phi) is 1.77. The van der Waals surface area contributed by atoms with Gasteiger partial charge in [-0.15, -0.1) is 0 Å². The fraction of sp³-hybridized carbons (Fsp3) is 0.250. The second kappa shape index (κ2) is 2.23. The summed E-state index contributed by atoms with van der Waals surface area (Å²) in [5.41, 5.74) is 0.954. The molecule has 0 saturated heterocycles. The lowest BCUT2D eigenvalue weighted by Crippen LogP contribution is -1.70. The van der Waals surface area contributed by atoms with Crippen molar-refractivity contribution in [3.8, 4) is 0 Å². The lowest BCUT2D eigenvalue weighted by Gasteiger charge is -1.78. The van der Waals surface area contributed by atoms with Crippen LogP contribution in [0.5, 0.6) is 0 Å². The average molecular weight is 242 g/mol. The molecular weight excluding hydrogens is 238 g/mol. The number of aromatic nitrogens is 2. The number of rotatable bonds is 0. The largest absolute Gasteiger partial charge is 0.266 e. The molecule has 0 aliphatic carbocycles. The van der Waals surface area contributed by atoms with E-state index in [1.807, 2.05) is 6.92 Å². The highest BCUT2D eigenvalue weighted by molar-refractivity contribution is 14.1. The van der Waals surface area contributed by atoms with E-state index in [0.717, 1.165) is 9.26 Å². The third kappa shape index (κ3) is 0.974. The number of hydrogen-bond donors (Lipinski definition) is 1. The van der Waals surface area contributed by atoms with Crippen LogP contribution in [0.3, 0.4) is 0 Å². The molecule has 4 heteroatoms. The lowest BCUT2D eigenvalue weighted by molar-refractivity contribution is 1.05. The number of hydrogen-bond acceptors (Lipinski definition) is 1. The van der Waals surface area contributed by atoms with Gasteiger partial charge in [-0.3, -0.25) is 5.10 Å². The minimum atomic E-state index is 0.628. The Labute approximate surface area is 65.8 Å². The topological polar surface area (TPSA) is 28.7 Å². The molecule has 0 fully saturated rings. The third-order valence-electron chi connectivity index (χ3n) is 0.832. The molecule has 1 aromatic heterocycles. The number of aryl methyl sites for hydroxylation is 1. The predicted octanol–water partition coefficient (Wildman–Crippen LogP) is 1.98. The van der Waals surface area contributed by atoms with Gasteiger partial charge in [0.2, 0.25) is 0 Å². The number of nitrogens with zero attached hydrogens (tertiary/aromatic N) is 1. The summed E-state index contributed by atoms with van der Waals surface area (Å²) in [5, 5.41) is 7.12. The normalized spacial score (nSPS) is 9.88. The number of aromatic amines is 1. The van der Waals surface area contributed by atoms with Gasteiger partial charge in [-0.05, 0) is 29.5 Å². The van der Waals surface area contributed by atoms with Crippen molar-refractivity contribution < 1.29 is 0 Å². The van der Waals surface area contributed by atoms with Gasteiger partial charge in [-0.1, -0.05) is 11.6 Å². The van der Waals surface area contributed by atoms with Crippen molar-refractivity contribution in [3.05, 3.63) is 14.4 Å². The standard InChI is InChI=1S/C4H4ClIN2/c1-2-3(6)4(5)8-7-2/h1H3,(H,7,8). The summed E-state index contributed by atoms with van der Waals surface area (Å²) in [4.78, 5) is 0. The van der Waals surface area contributed by atoms with E-state index in [1.165, 1.54) is 0 Å². The highest BCUT2D eigenvalue weighted by atomic mass is 127. The first-order valence-electron chi connectivity index (χ1n) is 2.08. The van der Waals surface area contributed by atoms with Crippen LogP contribution < -0.4 is 0 Å². The van der Waals surface area contributed by atoms with Crippen molar-refractivity contribution in [2.45, 2.75) is 6.92 Å². The molecule has 44 valence electrons. The second-order valence-electron chi connectivity index (χ2n) is 1.44. The van der Waals surface area contributed by atoms with Gasteiger partial charge < -0.3 is 0 Å². The summed E-state index contributed by atoms with van der Waals surface area (Å²) in [6.07, 6.45) is 0. The molecular formula is C4H4ClIN2. The van der Waals surface area contributed by atoms with Crippen LogP contribution in [-0.4, -0.2) is 10.2 Å². The average Bonchev–Trinajstić information content (AvgIpc) is 1.98. The number of H-pyrrole nitrogens is 1. The molecule has 2 nitrogen and oxygen atoms in total. The molecule has 0 amide bonds. The van der Waals surface area contributed by atoms with Gasteiger partial charge in [0.15, 0.2) is 0 Å². The van der Waals surface area contributed by atoms with E-state index in [2.05, 4.69) is 32.8 Å². The molecule has 0 aromatic carbocycles. The van der Waals surface area contributed by atoms with Crippen LogP contribution in [0.2, 0.25) is 5.15 Å². The molecule has 0 radical (unpaired) electrons. The first-order valence-corrected chi connectivity index (χ1v) is 3.53. The van der Waals surface area contributed by atoms with Crippen LogP contribution in [0.1, 0.15) is 5.69 Å². The quantitative estimate of drug-likeness (QED) is 0.692. The molecule has 0 aliphatic heterocycles. The van der Waals surface area contributed by atoms with E-state index in [1.54, 1.807) is 0 Å². The van der Waals surface area contributed by atoms with Crippen LogP contribution in [0.15, 0.2) is 0 Å². The molecule has 0 saturated carbocycles. The summed E-state index contributed by atoms with van der Waals surface area (Å²) in [6.45, 7) is 1.91. The first-order chi connectivity index (χ1) is 3.72. The Morgan fingerprint density at radius 1 is 1.75 bits per heavy atom. The van der Waals surface area contributed by atoms with Crippen LogP contribution >= 0.6 is 34.2 Å². The zero-order valence-corrected chi connectivity index (χ0v) is 7.12. The molecule has 1 N–H and O–H groups in total. The van der Waals surface area contributed by atoms with Crippen LogP contribution in [0, 0.1) is 10.5 Å². The Balaban J connectivity index is 3.19. The maximum Gasteiger partial charge on any atom is 0.137 e. The van der Waals surface area contributed by atoms with Gasteiger partial charge in [0.25, 0.3) is 0 Å². The Hall–Kier alpha value is 0.230. The van der Waals surface area contributed by atoms with Crippen molar-refractivity contribution in [2.24, 2.45) is 0 Å². The van der Waals surface area contributed by atoms with Crippen molar-refractivity contribution >= 4 is 34.2 Å². The van der Waals surface area contributed by atoms with Crippen molar-refractivity contribution in [2.75, 3.05) is 0 Å². The number of nitrogens with one attached hydrogen (secondary N) is 1. The lowest BCUT2D eigenvalue weighted by atomic mass is 10.5. The van der Waals surface area contributed by atoms with E-state index in [4.69, 9.17) is 11.6 Å². The molecule has 0 bridgehead atoms. The SMILES string of the molecule is Cc1n[nH]c(Cl)c1I. The summed E-state index contributed by atoms with van der Waals surface area (Å²) in [5.74, 6) is 0. The molecule has 0 unspecified atom stereocenters. The Morgan fingerprint density at radius 3 is 2.50 bits per heavy atom. The van der Waals surface area contributed by atoms with Gasteiger partial charge in [0.1, 0.15) is 5.15 Å². The van der Waals surface area contributed by atoms with E-state index < -0.39 is 0 Å². The molecule has 0 aliphatic rings. The fourth-order valence-electron chi connectivity index (χ4n) is 0.390. The first kappa shape index (κ1) is 6.35. The van der Waals surface area contributed by atoms with E-state index in [0.29, 0.717) is 5.15 Å². The van der Waals surface area contributed by atoms with Crippen LogP contribution in [0.4, 0.5) is 0 Å². The van der Waals surface area contributed by atoms with Crippen molar-refractivity contribution in [3.63, 3.8) is 0 Å². The van der Waals surface area contributed by atoms with Gasteiger partial charge in [-0.25, -0.2) is 0 Å². The molecule has 0 spiro atoms. The van der Waals surface area contributed by atoms with Gasteiger partial charge in [0, 0.05) is 0 Å². The van der Waals surface area contributed by atoms with E-state index >= 15 is 0 Å². The molecule has 1 aromatic rings. The molecule has 1 rings (SSSR count). The fourth-order valence-corrected chi connectivity index (χ4v) is 0.810. The molecule has 8 heavy (non-hydrogen) atoms. The zero-order chi connectivity index (χ0) is 6.15. The summed E-state index contributed by atoms with van der Waals surface area (Å²) < 4.78 is 1.00. The Bertz CT molecular complexity index is 176. The maximum absolute atomic E-state index is 5.60. The zero-order valence-electron chi connectivity index (χ0n) is 4.20. The summed E-state index contributed by atoms with van der Waals surface area (Å²) in [7, 11) is 0. The summed E-state index contributed by atoms with van der Waals surface area (Å²) >= 11 is 7.74. The molecule has 1 heterocycles. The van der Waals surface area contributed by atoms with Gasteiger partial charge in [-0.2, -0.15) is 5.10 Å². The highest BCUT2D eigenvalue weighted by Gasteiger charge is 2.00. The minimum Gasteiger partial charge on any atom is -0.266 e. The van der Waals surface area contributed by atoms with Crippen LogP contribution in [-0.2, 0) is 0 Å². The Morgan fingerprint density at radius 2 is 2.38 bits per heavy atom. The third-order valence-corrected chi connectivity index (χ3v) is 2.74. The maximum atomic E-state index is 5.60. The number of halogens is 2. The van der Waals surface area contributed by atoms with Gasteiger partial charge in [0.05, 0.1) is 9.26 Å². The van der Waals surface area contributed by atoms with E-state index in [9.17, 15) is 0 Å². The smallest absolute Gasteiger partial charge is 0.137 e. The summed E-state index contributed by atoms with van der Waals surface area (Å²) in [6, 6.07) is 0. The highest BCUT2D eigenvalue weighted by Crippen LogP contribution is 2.16. The van der Waals surface area contributed by atoms with Gasteiger partial charge >= 0.3 is 0 Å². The molecule has 0 atom stereocenters. The van der Waals surface area contributed by atoms with Crippen LogP contribution in [0.25, 0.3) is 0 Å². The second-order valence-corrected chi connectivity index (χ2v) is 2.89.